The van der Waals surface area contributed by atoms with Gasteiger partial charge in [-0.15, -0.1) is 0 Å². The van der Waals surface area contributed by atoms with E-state index in [0.717, 1.165) is 18.5 Å². The number of ether oxygens (including phenoxy) is 1. The topological polar surface area (TPSA) is 54.5 Å². The summed E-state index contributed by atoms with van der Waals surface area (Å²) in [6.07, 6.45) is 4.80. The Hall–Kier alpha value is -1.62. The fraction of sp³-hybridized carbons (Fsp3) is 0.625. The number of aromatic nitrogens is 1. The first-order chi connectivity index (χ1) is 9.88. The second kappa shape index (κ2) is 6.43. The molecule has 1 aromatic heterocycles. The highest BCUT2D eigenvalue weighted by molar-refractivity contribution is 5.87. The second-order valence-corrected chi connectivity index (χ2v) is 6.46. The van der Waals surface area contributed by atoms with Gasteiger partial charge in [0.25, 0.3) is 0 Å². The summed E-state index contributed by atoms with van der Waals surface area (Å²) in [5.74, 6) is 0.672. The number of hydrogen-bond donors (Lipinski definition) is 1. The Morgan fingerprint density at radius 2 is 2.19 bits per heavy atom. The monoisotopic (exact) mass is 291 g/mol. The van der Waals surface area contributed by atoms with Crippen LogP contribution in [-0.4, -0.2) is 30.3 Å². The van der Waals surface area contributed by atoms with Gasteiger partial charge in [-0.3, -0.25) is 4.90 Å². The minimum atomic E-state index is -0.511. The average Bonchev–Trinajstić information content (AvgIpc) is 2.45. The first-order valence-electron chi connectivity index (χ1n) is 7.53. The van der Waals surface area contributed by atoms with Gasteiger partial charge in [-0.25, -0.2) is 9.78 Å². The fourth-order valence-electron chi connectivity index (χ4n) is 2.50. The van der Waals surface area contributed by atoms with Gasteiger partial charge in [-0.05, 0) is 46.2 Å². The van der Waals surface area contributed by atoms with E-state index in [0.29, 0.717) is 5.82 Å². The van der Waals surface area contributed by atoms with Gasteiger partial charge >= 0.3 is 6.09 Å². The number of carbonyl (C=O) groups is 1. The van der Waals surface area contributed by atoms with Gasteiger partial charge in [0.1, 0.15) is 11.4 Å². The SMILES string of the molecule is CN(C(=O)OC(C)(C)C)c1ncccc1[C@H]1CCCCN1. The summed E-state index contributed by atoms with van der Waals surface area (Å²) in [7, 11) is 1.71. The van der Waals surface area contributed by atoms with E-state index >= 15 is 0 Å². The lowest BCUT2D eigenvalue weighted by Gasteiger charge is -2.29. The third kappa shape index (κ3) is 4.17. The van der Waals surface area contributed by atoms with E-state index < -0.39 is 5.60 Å². The van der Waals surface area contributed by atoms with Gasteiger partial charge in [0, 0.05) is 24.8 Å². The molecule has 21 heavy (non-hydrogen) atoms. The van der Waals surface area contributed by atoms with Crippen molar-refractivity contribution in [2.24, 2.45) is 0 Å². The zero-order valence-corrected chi connectivity index (χ0v) is 13.3. The minimum Gasteiger partial charge on any atom is -0.443 e. The Kier molecular flexibility index (Phi) is 4.83. The van der Waals surface area contributed by atoms with Crippen molar-refractivity contribution in [1.29, 1.82) is 0 Å². The Balaban J connectivity index is 2.20. The van der Waals surface area contributed by atoms with Crippen LogP contribution in [-0.2, 0) is 4.74 Å². The minimum absolute atomic E-state index is 0.257. The van der Waals surface area contributed by atoms with Gasteiger partial charge in [-0.1, -0.05) is 12.5 Å². The number of nitrogens with zero attached hydrogens (tertiary/aromatic N) is 2. The first kappa shape index (κ1) is 15.8. The maximum atomic E-state index is 12.2. The van der Waals surface area contributed by atoms with Crippen LogP contribution in [0.1, 0.15) is 51.6 Å². The molecule has 116 valence electrons. The first-order valence-corrected chi connectivity index (χ1v) is 7.53. The van der Waals surface area contributed by atoms with E-state index in [-0.39, 0.29) is 12.1 Å². The lowest BCUT2D eigenvalue weighted by molar-refractivity contribution is 0.0588. The van der Waals surface area contributed by atoms with Crippen molar-refractivity contribution >= 4 is 11.9 Å². The lowest BCUT2D eigenvalue weighted by atomic mass is 9.98. The van der Waals surface area contributed by atoms with Crippen LogP contribution >= 0.6 is 0 Å². The molecule has 1 N–H and O–H groups in total. The molecule has 0 unspecified atom stereocenters. The maximum absolute atomic E-state index is 12.2. The van der Waals surface area contributed by atoms with Crippen molar-refractivity contribution in [1.82, 2.24) is 10.3 Å². The Morgan fingerprint density at radius 3 is 2.81 bits per heavy atom. The van der Waals surface area contributed by atoms with E-state index in [4.69, 9.17) is 4.74 Å². The molecule has 1 atom stereocenters. The largest absolute Gasteiger partial charge is 0.443 e. The van der Waals surface area contributed by atoms with Crippen molar-refractivity contribution in [2.45, 2.75) is 51.7 Å². The van der Waals surface area contributed by atoms with Crippen molar-refractivity contribution < 1.29 is 9.53 Å². The van der Waals surface area contributed by atoms with Crippen molar-refractivity contribution in [2.75, 3.05) is 18.5 Å². The third-order valence-corrected chi connectivity index (χ3v) is 3.49. The number of nitrogens with one attached hydrogen (secondary N) is 1. The van der Waals surface area contributed by atoms with Crippen LogP contribution in [0.5, 0.6) is 0 Å². The van der Waals surface area contributed by atoms with Gasteiger partial charge in [0.2, 0.25) is 0 Å². The van der Waals surface area contributed by atoms with Crippen LogP contribution in [0.3, 0.4) is 0 Å². The molecule has 0 spiro atoms. The predicted molar refractivity (Wildman–Crippen MR) is 83.5 cm³/mol. The number of rotatable bonds is 2. The molecule has 1 fully saturated rings. The van der Waals surface area contributed by atoms with E-state index in [2.05, 4.69) is 10.3 Å². The van der Waals surface area contributed by atoms with Gasteiger partial charge in [-0.2, -0.15) is 0 Å². The normalized spacial score (nSPS) is 19.1. The third-order valence-electron chi connectivity index (χ3n) is 3.49. The zero-order chi connectivity index (χ0) is 15.5. The van der Waals surface area contributed by atoms with Crippen molar-refractivity contribution in [3.05, 3.63) is 23.9 Å². The van der Waals surface area contributed by atoms with Crippen LogP contribution in [0.25, 0.3) is 0 Å². The maximum Gasteiger partial charge on any atom is 0.415 e. The molecule has 0 aromatic carbocycles. The molecule has 0 bridgehead atoms. The number of anilines is 1. The number of carbonyl (C=O) groups excluding carboxylic acids is 1. The molecule has 2 heterocycles. The van der Waals surface area contributed by atoms with Gasteiger partial charge in [0.05, 0.1) is 0 Å². The summed E-state index contributed by atoms with van der Waals surface area (Å²) < 4.78 is 5.42. The predicted octanol–water partition coefficient (Wildman–Crippen LogP) is 3.27. The molecule has 1 aliphatic heterocycles. The molecular weight excluding hydrogens is 266 g/mol. The highest BCUT2D eigenvalue weighted by Gasteiger charge is 2.26. The highest BCUT2D eigenvalue weighted by atomic mass is 16.6. The van der Waals surface area contributed by atoms with E-state index in [9.17, 15) is 4.79 Å². The Morgan fingerprint density at radius 1 is 1.43 bits per heavy atom. The molecule has 1 aromatic rings. The summed E-state index contributed by atoms with van der Waals surface area (Å²) >= 11 is 0. The van der Waals surface area contributed by atoms with Crippen LogP contribution in [0.2, 0.25) is 0 Å². The molecule has 0 radical (unpaired) electrons. The van der Waals surface area contributed by atoms with Crippen LogP contribution in [0, 0.1) is 0 Å². The quantitative estimate of drug-likeness (QED) is 0.908. The molecular formula is C16H25N3O2. The summed E-state index contributed by atoms with van der Waals surface area (Å²) in [5.41, 5.74) is 0.550. The van der Waals surface area contributed by atoms with Crippen LogP contribution in [0.4, 0.5) is 10.6 Å². The molecule has 5 nitrogen and oxygen atoms in total. The zero-order valence-electron chi connectivity index (χ0n) is 13.3. The number of hydrogen-bond acceptors (Lipinski definition) is 4. The standard InChI is InChI=1S/C16H25N3O2/c1-16(2,3)21-15(20)19(4)14-12(8-7-11-18-14)13-9-5-6-10-17-13/h7-8,11,13,17H,5-6,9-10H2,1-4H3/t13-/m1/s1. The van der Waals surface area contributed by atoms with E-state index in [1.165, 1.54) is 17.7 Å². The van der Waals surface area contributed by atoms with Crippen LogP contribution < -0.4 is 10.2 Å². The summed E-state index contributed by atoms with van der Waals surface area (Å²) in [5, 5.41) is 3.50. The molecule has 2 rings (SSSR count). The highest BCUT2D eigenvalue weighted by Crippen LogP contribution is 2.29. The fourth-order valence-corrected chi connectivity index (χ4v) is 2.50. The summed E-state index contributed by atoms with van der Waals surface area (Å²) in [6.45, 7) is 6.59. The molecule has 1 amide bonds. The summed E-state index contributed by atoms with van der Waals surface area (Å²) in [6, 6.07) is 4.21. The molecule has 5 heteroatoms. The van der Waals surface area contributed by atoms with Gasteiger partial charge in [0.15, 0.2) is 0 Å². The number of amides is 1. The van der Waals surface area contributed by atoms with E-state index in [1.807, 2.05) is 32.9 Å². The number of pyridine rings is 1. The smallest absolute Gasteiger partial charge is 0.415 e. The second-order valence-electron chi connectivity index (χ2n) is 6.46. The molecule has 1 aliphatic rings. The lowest BCUT2D eigenvalue weighted by Crippen LogP contribution is -2.36. The molecule has 1 saturated heterocycles. The van der Waals surface area contributed by atoms with E-state index in [1.54, 1.807) is 13.2 Å². The average molecular weight is 291 g/mol. The molecule has 0 saturated carbocycles. The Bertz CT molecular complexity index is 491. The van der Waals surface area contributed by atoms with Gasteiger partial charge < -0.3 is 10.1 Å². The molecule has 0 aliphatic carbocycles. The van der Waals surface area contributed by atoms with Crippen molar-refractivity contribution in [3.8, 4) is 0 Å². The Labute approximate surface area is 126 Å². The summed E-state index contributed by atoms with van der Waals surface area (Å²) in [4.78, 5) is 18.1. The van der Waals surface area contributed by atoms with Crippen LogP contribution in [0.15, 0.2) is 18.3 Å². The van der Waals surface area contributed by atoms with Crippen molar-refractivity contribution in [3.63, 3.8) is 0 Å². The number of piperidine rings is 1.